The lowest BCUT2D eigenvalue weighted by molar-refractivity contribution is 0.0382. The summed E-state index contributed by atoms with van der Waals surface area (Å²) in [5.41, 5.74) is 3.30. The topological polar surface area (TPSA) is 15.3 Å². The molecule has 2 nitrogen and oxygen atoms in total. The van der Waals surface area contributed by atoms with Crippen LogP contribution in [0, 0.1) is 0 Å². The fourth-order valence-electron chi connectivity index (χ4n) is 3.03. The van der Waals surface area contributed by atoms with Gasteiger partial charge < -0.3 is 5.32 Å². The molecule has 1 atom stereocenters. The van der Waals surface area contributed by atoms with E-state index < -0.39 is 0 Å². The van der Waals surface area contributed by atoms with Crippen molar-refractivity contribution in [3.05, 3.63) is 11.1 Å². The summed E-state index contributed by atoms with van der Waals surface area (Å²) in [5, 5.41) is 3.74. The summed E-state index contributed by atoms with van der Waals surface area (Å²) >= 11 is 5.84. The SMILES string of the molecule is CCCC1CN(CC(C)=CCl)C(CC)(CC)CN1. The van der Waals surface area contributed by atoms with E-state index in [1.165, 1.54) is 31.3 Å². The van der Waals surface area contributed by atoms with Crippen molar-refractivity contribution in [2.24, 2.45) is 0 Å². The van der Waals surface area contributed by atoms with Crippen LogP contribution in [0.5, 0.6) is 0 Å². The molecule has 0 saturated carbocycles. The average Bonchev–Trinajstić information content (AvgIpc) is 2.40. The van der Waals surface area contributed by atoms with Gasteiger partial charge in [0.15, 0.2) is 0 Å². The molecule has 0 aromatic carbocycles. The smallest absolute Gasteiger partial charge is 0.0332 e. The molecule has 1 unspecified atom stereocenters. The van der Waals surface area contributed by atoms with Gasteiger partial charge in [0.2, 0.25) is 0 Å². The quantitative estimate of drug-likeness (QED) is 0.792. The number of hydrogen-bond acceptors (Lipinski definition) is 2. The molecule has 1 aliphatic rings. The van der Waals surface area contributed by atoms with Gasteiger partial charge in [0, 0.05) is 36.8 Å². The highest BCUT2D eigenvalue weighted by Gasteiger charge is 2.38. The van der Waals surface area contributed by atoms with E-state index in [4.69, 9.17) is 11.6 Å². The predicted molar refractivity (Wildman–Crippen MR) is 81.2 cm³/mol. The molecular weight excluding hydrogens is 244 g/mol. The van der Waals surface area contributed by atoms with Crippen LogP contribution in [-0.4, -0.2) is 36.1 Å². The zero-order valence-electron chi connectivity index (χ0n) is 12.4. The third-order valence-corrected chi connectivity index (χ3v) is 4.78. The molecule has 0 radical (unpaired) electrons. The molecule has 106 valence electrons. The van der Waals surface area contributed by atoms with Crippen molar-refractivity contribution in [3.63, 3.8) is 0 Å². The van der Waals surface area contributed by atoms with Crippen LogP contribution in [0.4, 0.5) is 0 Å². The van der Waals surface area contributed by atoms with Crippen molar-refractivity contribution in [1.29, 1.82) is 0 Å². The summed E-state index contributed by atoms with van der Waals surface area (Å²) in [5.74, 6) is 0. The van der Waals surface area contributed by atoms with Gasteiger partial charge in [0.05, 0.1) is 0 Å². The minimum absolute atomic E-state index is 0.311. The van der Waals surface area contributed by atoms with Crippen molar-refractivity contribution in [1.82, 2.24) is 10.2 Å². The van der Waals surface area contributed by atoms with E-state index in [1.54, 1.807) is 5.54 Å². The maximum atomic E-state index is 5.84. The molecule has 1 heterocycles. The van der Waals surface area contributed by atoms with Crippen LogP contribution >= 0.6 is 11.6 Å². The van der Waals surface area contributed by atoms with Crippen molar-refractivity contribution < 1.29 is 0 Å². The number of nitrogens with one attached hydrogen (secondary N) is 1. The van der Waals surface area contributed by atoms with Crippen LogP contribution in [-0.2, 0) is 0 Å². The van der Waals surface area contributed by atoms with Gasteiger partial charge in [-0.05, 0) is 31.8 Å². The summed E-state index contributed by atoms with van der Waals surface area (Å²) in [4.78, 5) is 2.65. The molecule has 0 aromatic heterocycles. The average molecular weight is 273 g/mol. The third kappa shape index (κ3) is 3.72. The van der Waals surface area contributed by atoms with Crippen molar-refractivity contribution in [2.75, 3.05) is 19.6 Å². The Kier molecular flexibility index (Phi) is 6.68. The molecule has 3 heteroatoms. The molecule has 1 fully saturated rings. The molecule has 1 aliphatic heterocycles. The molecule has 0 amide bonds. The molecular formula is C15H29ClN2. The maximum absolute atomic E-state index is 5.84. The van der Waals surface area contributed by atoms with Gasteiger partial charge in [-0.1, -0.05) is 38.8 Å². The molecule has 0 bridgehead atoms. The van der Waals surface area contributed by atoms with Crippen LogP contribution in [0.25, 0.3) is 0 Å². The summed E-state index contributed by atoms with van der Waals surface area (Å²) in [7, 11) is 0. The number of rotatable bonds is 6. The number of hydrogen-bond donors (Lipinski definition) is 1. The first kappa shape index (κ1) is 16.0. The van der Waals surface area contributed by atoms with E-state index in [0.29, 0.717) is 11.6 Å². The highest BCUT2D eigenvalue weighted by molar-refractivity contribution is 6.25. The normalized spacial score (nSPS) is 25.4. The first-order chi connectivity index (χ1) is 8.61. The molecule has 1 saturated heterocycles. The van der Waals surface area contributed by atoms with Gasteiger partial charge >= 0.3 is 0 Å². The van der Waals surface area contributed by atoms with Gasteiger partial charge in [0.1, 0.15) is 0 Å². The zero-order valence-corrected chi connectivity index (χ0v) is 13.2. The van der Waals surface area contributed by atoms with Gasteiger partial charge in [-0.3, -0.25) is 4.90 Å². The second-order valence-corrected chi connectivity index (χ2v) is 5.85. The van der Waals surface area contributed by atoms with Crippen LogP contribution in [0.1, 0.15) is 53.4 Å². The summed E-state index contributed by atoms with van der Waals surface area (Å²) < 4.78 is 0. The van der Waals surface area contributed by atoms with E-state index in [0.717, 1.165) is 19.6 Å². The highest BCUT2D eigenvalue weighted by Crippen LogP contribution is 2.28. The first-order valence-corrected chi connectivity index (χ1v) is 7.79. The van der Waals surface area contributed by atoms with Gasteiger partial charge in [-0.25, -0.2) is 0 Å². The third-order valence-electron chi connectivity index (χ3n) is 4.41. The Morgan fingerprint density at radius 1 is 1.39 bits per heavy atom. The Labute approximate surface area is 118 Å². The van der Waals surface area contributed by atoms with E-state index >= 15 is 0 Å². The first-order valence-electron chi connectivity index (χ1n) is 7.36. The van der Waals surface area contributed by atoms with Gasteiger partial charge in [-0.15, -0.1) is 0 Å². The van der Waals surface area contributed by atoms with Crippen LogP contribution in [0.15, 0.2) is 11.1 Å². The van der Waals surface area contributed by atoms with Crippen molar-refractivity contribution in [3.8, 4) is 0 Å². The van der Waals surface area contributed by atoms with Crippen LogP contribution < -0.4 is 5.32 Å². The minimum atomic E-state index is 0.311. The summed E-state index contributed by atoms with van der Waals surface area (Å²) in [6, 6.07) is 0.643. The molecule has 0 spiro atoms. The summed E-state index contributed by atoms with van der Waals surface area (Å²) in [6.07, 6.45) is 4.92. The van der Waals surface area contributed by atoms with E-state index in [9.17, 15) is 0 Å². The van der Waals surface area contributed by atoms with E-state index in [2.05, 4.69) is 37.9 Å². The fourth-order valence-corrected chi connectivity index (χ4v) is 3.10. The van der Waals surface area contributed by atoms with Crippen LogP contribution in [0.2, 0.25) is 0 Å². The lowest BCUT2D eigenvalue weighted by Crippen LogP contribution is -2.64. The fraction of sp³-hybridized carbons (Fsp3) is 0.867. The lowest BCUT2D eigenvalue weighted by Gasteiger charge is -2.50. The van der Waals surface area contributed by atoms with E-state index in [-0.39, 0.29) is 0 Å². The Morgan fingerprint density at radius 3 is 2.56 bits per heavy atom. The second kappa shape index (κ2) is 7.52. The highest BCUT2D eigenvalue weighted by atomic mass is 35.5. The molecule has 18 heavy (non-hydrogen) atoms. The predicted octanol–water partition coefficient (Wildman–Crippen LogP) is 3.76. The Bertz CT molecular complexity index is 272. The number of nitrogens with zero attached hydrogens (tertiary/aromatic N) is 1. The standard InChI is InChI=1S/C15H29ClN2/c1-5-8-14-11-18(10-13(4)9-16)15(6-2,7-3)12-17-14/h9,14,17H,5-8,10-12H2,1-4H3. The second-order valence-electron chi connectivity index (χ2n) is 5.63. The zero-order chi connectivity index (χ0) is 13.6. The number of piperazine rings is 1. The molecule has 1 rings (SSSR count). The lowest BCUT2D eigenvalue weighted by atomic mass is 9.86. The molecule has 0 aromatic rings. The van der Waals surface area contributed by atoms with Crippen LogP contribution in [0.3, 0.4) is 0 Å². The molecule has 0 aliphatic carbocycles. The minimum Gasteiger partial charge on any atom is -0.311 e. The Morgan fingerprint density at radius 2 is 2.06 bits per heavy atom. The summed E-state index contributed by atoms with van der Waals surface area (Å²) in [6.45, 7) is 12.3. The Hall–Kier alpha value is -0.0500. The maximum Gasteiger partial charge on any atom is 0.0332 e. The van der Waals surface area contributed by atoms with Crippen molar-refractivity contribution >= 4 is 11.6 Å². The largest absolute Gasteiger partial charge is 0.311 e. The van der Waals surface area contributed by atoms with E-state index in [1.807, 2.05) is 0 Å². The Balaban J connectivity index is 2.78. The van der Waals surface area contributed by atoms with Gasteiger partial charge in [0.25, 0.3) is 0 Å². The van der Waals surface area contributed by atoms with Gasteiger partial charge in [-0.2, -0.15) is 0 Å². The van der Waals surface area contributed by atoms with Crippen molar-refractivity contribution in [2.45, 2.75) is 65.0 Å². The molecule has 1 N–H and O–H groups in total. The number of halogens is 1. The monoisotopic (exact) mass is 272 g/mol.